The highest BCUT2D eigenvalue weighted by molar-refractivity contribution is 5.96. The minimum atomic E-state index is -1.39. The van der Waals surface area contributed by atoms with Crippen molar-refractivity contribution in [2.75, 3.05) is 19.8 Å². The molecule has 0 aliphatic carbocycles. The van der Waals surface area contributed by atoms with Crippen LogP contribution < -0.4 is 5.32 Å². The van der Waals surface area contributed by atoms with E-state index < -0.39 is 31.3 Å². The van der Waals surface area contributed by atoms with Crippen LogP contribution in [0, 0.1) is 0 Å². The van der Waals surface area contributed by atoms with Crippen LogP contribution in [0.4, 0.5) is 0 Å². The molecule has 0 aliphatic rings. The van der Waals surface area contributed by atoms with Gasteiger partial charge in [0.1, 0.15) is 5.54 Å². The number of hydrogen-bond donors (Lipinski definition) is 4. The highest BCUT2D eigenvalue weighted by atomic mass is 16.3. The maximum atomic E-state index is 12.1. The summed E-state index contributed by atoms with van der Waals surface area (Å²) < 4.78 is 0. The molecule has 1 aromatic rings. The Morgan fingerprint density at radius 2 is 1.72 bits per heavy atom. The topological polar surface area (TPSA) is 89.8 Å². The van der Waals surface area contributed by atoms with Crippen LogP contribution in [0.2, 0.25) is 0 Å². The van der Waals surface area contributed by atoms with Crippen molar-refractivity contribution in [2.45, 2.75) is 18.9 Å². The van der Waals surface area contributed by atoms with Gasteiger partial charge in [0.25, 0.3) is 5.91 Å². The van der Waals surface area contributed by atoms with Gasteiger partial charge in [0.2, 0.25) is 0 Å². The summed E-state index contributed by atoms with van der Waals surface area (Å²) in [6.07, 6.45) is 0.702. The molecule has 0 spiro atoms. The first-order valence-corrected chi connectivity index (χ1v) is 5.85. The molecule has 0 saturated carbocycles. The van der Waals surface area contributed by atoms with Crippen LogP contribution in [-0.4, -0.2) is 46.6 Å². The van der Waals surface area contributed by atoms with E-state index in [4.69, 9.17) is 15.3 Å². The van der Waals surface area contributed by atoms with Crippen molar-refractivity contribution in [1.82, 2.24) is 5.32 Å². The molecular weight excluding hydrogens is 234 g/mol. The number of aliphatic hydroxyl groups excluding tert-OH is 3. The zero-order valence-electron chi connectivity index (χ0n) is 10.4. The van der Waals surface area contributed by atoms with Gasteiger partial charge in [-0.05, 0) is 18.1 Å². The van der Waals surface area contributed by atoms with Crippen LogP contribution in [0.15, 0.2) is 24.3 Å². The number of aliphatic hydroxyl groups is 3. The van der Waals surface area contributed by atoms with Crippen LogP contribution in [0.3, 0.4) is 0 Å². The lowest BCUT2D eigenvalue weighted by Gasteiger charge is -2.29. The van der Waals surface area contributed by atoms with Crippen molar-refractivity contribution < 1.29 is 20.1 Å². The summed E-state index contributed by atoms with van der Waals surface area (Å²) >= 11 is 0. The molecule has 5 nitrogen and oxygen atoms in total. The van der Waals surface area contributed by atoms with E-state index in [0.29, 0.717) is 12.0 Å². The number of aryl methyl sites for hydroxylation is 1. The lowest BCUT2D eigenvalue weighted by atomic mass is 10.00. The van der Waals surface area contributed by atoms with Crippen molar-refractivity contribution in [3.8, 4) is 0 Å². The molecule has 0 aliphatic heterocycles. The molecule has 0 fully saturated rings. The second-order valence-corrected chi connectivity index (χ2v) is 4.22. The lowest BCUT2D eigenvalue weighted by Crippen LogP contribution is -2.57. The van der Waals surface area contributed by atoms with E-state index in [0.717, 1.165) is 5.56 Å². The van der Waals surface area contributed by atoms with Crippen molar-refractivity contribution in [3.63, 3.8) is 0 Å². The molecule has 0 saturated heterocycles. The molecule has 5 heteroatoms. The molecule has 1 rings (SSSR count). The number of amides is 1. The fourth-order valence-electron chi connectivity index (χ4n) is 1.63. The fourth-order valence-corrected chi connectivity index (χ4v) is 1.63. The van der Waals surface area contributed by atoms with Crippen LogP contribution in [-0.2, 0) is 6.42 Å². The molecule has 1 amide bonds. The van der Waals surface area contributed by atoms with Gasteiger partial charge in [-0.15, -0.1) is 0 Å². The van der Waals surface area contributed by atoms with Crippen LogP contribution >= 0.6 is 0 Å². The summed E-state index contributed by atoms with van der Waals surface area (Å²) in [6, 6.07) is 7.10. The summed E-state index contributed by atoms with van der Waals surface area (Å²) in [5, 5.41) is 30.0. The Labute approximate surface area is 106 Å². The maximum Gasteiger partial charge on any atom is 0.252 e. The van der Waals surface area contributed by atoms with Gasteiger partial charge >= 0.3 is 0 Å². The van der Waals surface area contributed by atoms with Crippen molar-refractivity contribution in [2.24, 2.45) is 0 Å². The summed E-state index contributed by atoms with van der Waals surface area (Å²) in [4.78, 5) is 12.1. The van der Waals surface area contributed by atoms with E-state index >= 15 is 0 Å². The van der Waals surface area contributed by atoms with E-state index in [-0.39, 0.29) is 0 Å². The molecule has 0 atom stereocenters. The third kappa shape index (κ3) is 3.07. The average Bonchev–Trinajstić information content (AvgIpc) is 2.44. The molecule has 0 bridgehead atoms. The summed E-state index contributed by atoms with van der Waals surface area (Å²) in [5.41, 5.74) is -0.0322. The number of hydrogen-bond acceptors (Lipinski definition) is 4. The molecule has 100 valence electrons. The largest absolute Gasteiger partial charge is 0.394 e. The zero-order valence-corrected chi connectivity index (χ0v) is 10.4. The Balaban J connectivity index is 2.94. The summed E-state index contributed by atoms with van der Waals surface area (Å²) in [6.45, 7) is 0.351. The minimum Gasteiger partial charge on any atom is -0.394 e. The molecule has 0 aromatic heterocycles. The third-order valence-corrected chi connectivity index (χ3v) is 2.93. The van der Waals surface area contributed by atoms with Gasteiger partial charge in [0, 0.05) is 5.56 Å². The first kappa shape index (κ1) is 14.6. The lowest BCUT2D eigenvalue weighted by molar-refractivity contribution is 0.0375. The fraction of sp³-hybridized carbons (Fsp3) is 0.462. The van der Waals surface area contributed by atoms with Crippen molar-refractivity contribution in [3.05, 3.63) is 35.4 Å². The first-order valence-electron chi connectivity index (χ1n) is 5.85. The molecule has 1 aromatic carbocycles. The zero-order chi connectivity index (χ0) is 13.6. The molecule has 0 unspecified atom stereocenters. The van der Waals surface area contributed by atoms with E-state index in [1.165, 1.54) is 0 Å². The van der Waals surface area contributed by atoms with Gasteiger partial charge in [0.05, 0.1) is 19.8 Å². The van der Waals surface area contributed by atoms with Crippen LogP contribution in [0.1, 0.15) is 22.8 Å². The second-order valence-electron chi connectivity index (χ2n) is 4.22. The van der Waals surface area contributed by atoms with Crippen molar-refractivity contribution >= 4 is 5.91 Å². The molecular formula is C13H19NO4. The number of carbonyl (C=O) groups is 1. The SMILES string of the molecule is CCc1ccccc1C(=O)NC(CO)(CO)CO. The van der Waals surface area contributed by atoms with Crippen molar-refractivity contribution in [1.29, 1.82) is 0 Å². The predicted molar refractivity (Wildman–Crippen MR) is 67.3 cm³/mol. The van der Waals surface area contributed by atoms with E-state index in [9.17, 15) is 4.79 Å². The van der Waals surface area contributed by atoms with E-state index in [1.54, 1.807) is 12.1 Å². The Bertz CT molecular complexity index is 393. The quantitative estimate of drug-likeness (QED) is 0.560. The highest BCUT2D eigenvalue weighted by Crippen LogP contribution is 2.11. The van der Waals surface area contributed by atoms with Crippen LogP contribution in [0.5, 0.6) is 0 Å². The monoisotopic (exact) mass is 253 g/mol. The van der Waals surface area contributed by atoms with Gasteiger partial charge in [0.15, 0.2) is 0 Å². The smallest absolute Gasteiger partial charge is 0.252 e. The standard InChI is InChI=1S/C13H19NO4/c1-2-10-5-3-4-6-11(10)12(18)14-13(7-15,8-16)9-17/h3-6,15-17H,2,7-9H2,1H3,(H,14,18). The van der Waals surface area contributed by atoms with Gasteiger partial charge in [-0.25, -0.2) is 0 Å². The molecule has 0 heterocycles. The Hall–Kier alpha value is -1.43. The summed E-state index contributed by atoms with van der Waals surface area (Å²) in [7, 11) is 0. The Kier molecular flexibility index (Phi) is 5.27. The molecule has 18 heavy (non-hydrogen) atoms. The molecule has 0 radical (unpaired) electrons. The van der Waals surface area contributed by atoms with Gasteiger partial charge < -0.3 is 20.6 Å². The maximum absolute atomic E-state index is 12.1. The van der Waals surface area contributed by atoms with E-state index in [1.807, 2.05) is 19.1 Å². The van der Waals surface area contributed by atoms with E-state index in [2.05, 4.69) is 5.32 Å². The second kappa shape index (κ2) is 6.49. The Morgan fingerprint density at radius 1 is 1.17 bits per heavy atom. The third-order valence-electron chi connectivity index (χ3n) is 2.93. The number of benzene rings is 1. The number of carbonyl (C=O) groups excluding carboxylic acids is 1. The summed E-state index contributed by atoms with van der Waals surface area (Å²) in [5.74, 6) is -0.412. The number of rotatable bonds is 6. The van der Waals surface area contributed by atoms with Gasteiger partial charge in [-0.1, -0.05) is 25.1 Å². The normalized spacial score (nSPS) is 11.3. The van der Waals surface area contributed by atoms with Crippen LogP contribution in [0.25, 0.3) is 0 Å². The first-order chi connectivity index (χ1) is 8.62. The average molecular weight is 253 g/mol. The Morgan fingerprint density at radius 3 is 2.22 bits per heavy atom. The molecule has 4 N–H and O–H groups in total. The highest BCUT2D eigenvalue weighted by Gasteiger charge is 2.30. The predicted octanol–water partition coefficient (Wildman–Crippen LogP) is -0.305. The van der Waals surface area contributed by atoms with Gasteiger partial charge in [-0.3, -0.25) is 4.79 Å². The minimum absolute atomic E-state index is 0.412. The van der Waals surface area contributed by atoms with Gasteiger partial charge in [-0.2, -0.15) is 0 Å². The number of nitrogens with one attached hydrogen (secondary N) is 1.